The van der Waals surface area contributed by atoms with Crippen LogP contribution in [0, 0.1) is 0 Å². The number of H-pyrrole nitrogens is 1. The van der Waals surface area contributed by atoms with Crippen LogP contribution >= 0.6 is 11.3 Å². The van der Waals surface area contributed by atoms with Gasteiger partial charge in [0, 0.05) is 16.2 Å². The lowest BCUT2D eigenvalue weighted by Gasteiger charge is -1.98. The maximum atomic E-state index is 11.7. The third kappa shape index (κ3) is 1.08. The van der Waals surface area contributed by atoms with Crippen LogP contribution in [-0.2, 0) is 0 Å². The lowest BCUT2D eigenvalue weighted by atomic mass is 10.1. The Labute approximate surface area is 88.6 Å². The average molecular weight is 217 g/mol. The van der Waals surface area contributed by atoms with Crippen LogP contribution in [0.25, 0.3) is 21.0 Å². The monoisotopic (exact) mass is 217 g/mol. The first kappa shape index (κ1) is 8.49. The quantitative estimate of drug-likeness (QED) is 0.607. The van der Waals surface area contributed by atoms with E-state index in [1.54, 1.807) is 11.4 Å². The molecule has 0 saturated heterocycles. The van der Waals surface area contributed by atoms with E-state index in [-0.39, 0.29) is 11.3 Å². The molecule has 0 amide bonds. The van der Waals surface area contributed by atoms with E-state index in [1.165, 1.54) is 11.3 Å². The van der Waals surface area contributed by atoms with Crippen molar-refractivity contribution < 1.29 is 5.11 Å². The van der Waals surface area contributed by atoms with Gasteiger partial charge in [-0.2, -0.15) is 0 Å². The maximum absolute atomic E-state index is 11.7. The van der Waals surface area contributed by atoms with Gasteiger partial charge in [-0.25, -0.2) is 0 Å². The summed E-state index contributed by atoms with van der Waals surface area (Å²) in [7, 11) is 0. The number of aromatic hydroxyl groups is 1. The van der Waals surface area contributed by atoms with Crippen molar-refractivity contribution in [1.29, 1.82) is 0 Å². The summed E-state index contributed by atoms with van der Waals surface area (Å²) in [6, 6.07) is 7.27. The summed E-state index contributed by atoms with van der Waals surface area (Å²) in [5.41, 5.74) is -0.111. The Morgan fingerprint density at radius 1 is 1.20 bits per heavy atom. The minimum Gasteiger partial charge on any atom is -0.506 e. The number of nitrogens with one attached hydrogen (secondary N) is 1. The second kappa shape index (κ2) is 2.84. The number of rotatable bonds is 0. The Morgan fingerprint density at radius 2 is 1.93 bits per heavy atom. The third-order valence-corrected chi connectivity index (χ3v) is 3.32. The molecule has 2 N–H and O–H groups in total. The molecule has 3 nitrogen and oxygen atoms in total. The van der Waals surface area contributed by atoms with Gasteiger partial charge in [0.2, 0.25) is 0 Å². The van der Waals surface area contributed by atoms with Gasteiger partial charge >= 0.3 is 0 Å². The highest BCUT2D eigenvalue weighted by Crippen LogP contribution is 2.33. The zero-order valence-electron chi connectivity index (χ0n) is 7.65. The van der Waals surface area contributed by atoms with E-state index in [4.69, 9.17) is 0 Å². The number of aromatic nitrogens is 1. The van der Waals surface area contributed by atoms with E-state index in [0.717, 1.165) is 15.6 Å². The second-order valence-corrected chi connectivity index (χ2v) is 4.20. The van der Waals surface area contributed by atoms with Crippen LogP contribution in [0.2, 0.25) is 0 Å². The number of aromatic amines is 1. The Bertz CT molecular complexity index is 711. The molecule has 2 heterocycles. The molecule has 15 heavy (non-hydrogen) atoms. The number of fused-ring (bicyclic) bond motifs is 3. The van der Waals surface area contributed by atoms with Crippen LogP contribution in [0.15, 0.2) is 34.4 Å². The van der Waals surface area contributed by atoms with E-state index in [0.29, 0.717) is 5.39 Å². The molecule has 0 unspecified atom stereocenters. The Morgan fingerprint density at radius 3 is 2.73 bits per heavy atom. The maximum Gasteiger partial charge on any atom is 0.256 e. The predicted octanol–water partition coefficient (Wildman–Crippen LogP) is 2.45. The molecular formula is C11H7NO2S. The summed E-state index contributed by atoms with van der Waals surface area (Å²) in [6.07, 6.45) is 0. The zero-order chi connectivity index (χ0) is 10.4. The summed E-state index contributed by atoms with van der Waals surface area (Å²) < 4.78 is 0. The SMILES string of the molecule is O=c1[nH]c2scc(O)c2c2ccccc12. The summed E-state index contributed by atoms with van der Waals surface area (Å²) in [4.78, 5) is 15.1. The fourth-order valence-electron chi connectivity index (χ4n) is 1.77. The molecule has 4 heteroatoms. The zero-order valence-corrected chi connectivity index (χ0v) is 8.47. The Kier molecular flexibility index (Phi) is 1.61. The second-order valence-electron chi connectivity index (χ2n) is 3.32. The molecular weight excluding hydrogens is 210 g/mol. The van der Waals surface area contributed by atoms with Crippen LogP contribution in [0.5, 0.6) is 5.75 Å². The minimum atomic E-state index is -0.111. The molecule has 74 valence electrons. The van der Waals surface area contributed by atoms with E-state index in [1.807, 2.05) is 18.2 Å². The average Bonchev–Trinajstić information content (AvgIpc) is 2.61. The number of hydrogen-bond acceptors (Lipinski definition) is 3. The van der Waals surface area contributed by atoms with Crippen LogP contribution in [0.3, 0.4) is 0 Å². The van der Waals surface area contributed by atoms with E-state index in [9.17, 15) is 9.90 Å². The molecule has 0 aliphatic rings. The highest BCUT2D eigenvalue weighted by Gasteiger charge is 2.09. The van der Waals surface area contributed by atoms with Crippen molar-refractivity contribution >= 4 is 32.3 Å². The topological polar surface area (TPSA) is 53.1 Å². The van der Waals surface area contributed by atoms with Crippen molar-refractivity contribution in [2.24, 2.45) is 0 Å². The van der Waals surface area contributed by atoms with Gasteiger partial charge in [-0.1, -0.05) is 18.2 Å². The van der Waals surface area contributed by atoms with Crippen LogP contribution in [-0.4, -0.2) is 10.1 Å². The van der Waals surface area contributed by atoms with Gasteiger partial charge in [-0.15, -0.1) is 11.3 Å². The first-order chi connectivity index (χ1) is 7.27. The molecule has 0 aliphatic carbocycles. The number of hydrogen-bond donors (Lipinski definition) is 2. The van der Waals surface area contributed by atoms with Crippen molar-refractivity contribution in [3.05, 3.63) is 40.0 Å². The first-order valence-electron chi connectivity index (χ1n) is 4.48. The number of benzene rings is 1. The first-order valence-corrected chi connectivity index (χ1v) is 5.36. The molecule has 2 aromatic heterocycles. The molecule has 0 radical (unpaired) electrons. The number of thiophene rings is 1. The van der Waals surface area contributed by atoms with Gasteiger partial charge in [0.25, 0.3) is 5.56 Å². The van der Waals surface area contributed by atoms with Crippen molar-refractivity contribution in [1.82, 2.24) is 4.98 Å². The van der Waals surface area contributed by atoms with Crippen molar-refractivity contribution in [2.45, 2.75) is 0 Å². The lowest BCUT2D eigenvalue weighted by Crippen LogP contribution is -2.04. The minimum absolute atomic E-state index is 0.111. The van der Waals surface area contributed by atoms with Gasteiger partial charge < -0.3 is 10.1 Å². The summed E-state index contributed by atoms with van der Waals surface area (Å²) in [5.74, 6) is 0.224. The van der Waals surface area contributed by atoms with Gasteiger partial charge in [0.1, 0.15) is 10.6 Å². The van der Waals surface area contributed by atoms with Crippen LogP contribution in [0.4, 0.5) is 0 Å². The van der Waals surface area contributed by atoms with E-state index < -0.39 is 0 Å². The van der Waals surface area contributed by atoms with Gasteiger partial charge in [-0.05, 0) is 6.07 Å². The van der Waals surface area contributed by atoms with Crippen molar-refractivity contribution in [3.63, 3.8) is 0 Å². The third-order valence-electron chi connectivity index (χ3n) is 2.44. The molecule has 0 saturated carbocycles. The normalized spacial score (nSPS) is 11.2. The summed E-state index contributed by atoms with van der Waals surface area (Å²) in [6.45, 7) is 0. The van der Waals surface area contributed by atoms with Crippen molar-refractivity contribution in [3.8, 4) is 5.75 Å². The molecule has 1 aromatic carbocycles. The van der Waals surface area contributed by atoms with Gasteiger partial charge in [-0.3, -0.25) is 4.79 Å². The standard InChI is InChI=1S/C11H7NO2S/c13-8-5-15-11-9(8)6-3-1-2-4-7(6)10(14)12-11/h1-5,13H,(H,12,14). The lowest BCUT2D eigenvalue weighted by molar-refractivity contribution is 0.484. The Balaban J connectivity index is 2.74. The number of pyridine rings is 1. The molecule has 0 spiro atoms. The smallest absolute Gasteiger partial charge is 0.256 e. The van der Waals surface area contributed by atoms with Crippen LogP contribution in [0.1, 0.15) is 0 Å². The molecule has 3 aromatic rings. The summed E-state index contributed by atoms with van der Waals surface area (Å²) in [5, 5.41) is 13.5. The molecule has 0 atom stereocenters. The predicted molar refractivity (Wildman–Crippen MR) is 61.6 cm³/mol. The molecule has 0 aliphatic heterocycles. The van der Waals surface area contributed by atoms with Gasteiger partial charge in [0.05, 0.1) is 5.39 Å². The van der Waals surface area contributed by atoms with E-state index >= 15 is 0 Å². The summed E-state index contributed by atoms with van der Waals surface area (Å²) >= 11 is 1.34. The fourth-order valence-corrected chi connectivity index (χ4v) is 2.60. The molecule has 0 fully saturated rings. The fraction of sp³-hybridized carbons (Fsp3) is 0. The molecule has 0 bridgehead atoms. The Hall–Kier alpha value is -1.81. The highest BCUT2D eigenvalue weighted by atomic mass is 32.1. The molecule has 3 rings (SSSR count). The van der Waals surface area contributed by atoms with Crippen LogP contribution < -0.4 is 5.56 Å². The highest BCUT2D eigenvalue weighted by molar-refractivity contribution is 7.17. The van der Waals surface area contributed by atoms with Gasteiger partial charge in [0.15, 0.2) is 0 Å². The largest absolute Gasteiger partial charge is 0.506 e. The van der Waals surface area contributed by atoms with E-state index in [2.05, 4.69) is 4.98 Å². The van der Waals surface area contributed by atoms with Crippen molar-refractivity contribution in [2.75, 3.05) is 0 Å².